The SMILES string of the molecule is COc1cccc(C(=O)NCC2OCCc3cn(Cc4ccccc4)nc32)c1OC.O=C(O)C(F)(F)F. The van der Waals surface area contributed by atoms with Crippen LogP contribution in [0.2, 0.25) is 0 Å². The van der Waals surface area contributed by atoms with Gasteiger partial charge in [0.1, 0.15) is 6.10 Å². The molecule has 1 aromatic heterocycles. The van der Waals surface area contributed by atoms with Crippen molar-refractivity contribution in [1.29, 1.82) is 0 Å². The van der Waals surface area contributed by atoms with Crippen LogP contribution in [0.1, 0.15) is 33.3 Å². The standard InChI is InChI=1S/C23H25N3O4.C2HF3O2/c1-28-19-10-6-9-18(22(19)29-2)23(27)24-13-20-21-17(11-12-30-20)15-26(25-21)14-16-7-4-3-5-8-16;3-2(4,5)1(6)7/h3-10,15,20H,11-14H2,1-2H3,(H,24,27);(H,6,7). The van der Waals surface area contributed by atoms with E-state index in [0.717, 1.165) is 17.7 Å². The van der Waals surface area contributed by atoms with E-state index in [1.165, 1.54) is 12.7 Å². The highest BCUT2D eigenvalue weighted by Gasteiger charge is 2.38. The van der Waals surface area contributed by atoms with E-state index in [0.29, 0.717) is 36.8 Å². The van der Waals surface area contributed by atoms with Crippen molar-refractivity contribution in [3.8, 4) is 11.5 Å². The quantitative estimate of drug-likeness (QED) is 0.489. The highest BCUT2D eigenvalue weighted by molar-refractivity contribution is 5.97. The Labute approximate surface area is 210 Å². The van der Waals surface area contributed by atoms with Crippen LogP contribution < -0.4 is 14.8 Å². The Morgan fingerprint density at radius 3 is 2.46 bits per heavy atom. The zero-order chi connectivity index (χ0) is 27.0. The normalized spacial score (nSPS) is 14.6. The van der Waals surface area contributed by atoms with Crippen molar-refractivity contribution in [2.45, 2.75) is 25.2 Å². The highest BCUT2D eigenvalue weighted by Crippen LogP contribution is 2.31. The number of methoxy groups -OCH3 is 2. The highest BCUT2D eigenvalue weighted by atomic mass is 19.4. The maximum absolute atomic E-state index is 12.8. The van der Waals surface area contributed by atoms with Crippen molar-refractivity contribution in [2.75, 3.05) is 27.4 Å². The number of rotatable bonds is 7. The number of hydrogen-bond donors (Lipinski definition) is 2. The number of aliphatic carboxylic acids is 1. The van der Waals surface area contributed by atoms with Gasteiger partial charge in [0, 0.05) is 12.7 Å². The number of amides is 1. The van der Waals surface area contributed by atoms with E-state index >= 15 is 0 Å². The molecule has 0 saturated carbocycles. The van der Waals surface area contributed by atoms with Gasteiger partial charge < -0.3 is 24.6 Å². The summed E-state index contributed by atoms with van der Waals surface area (Å²) in [5.41, 5.74) is 3.65. The summed E-state index contributed by atoms with van der Waals surface area (Å²) < 4.78 is 50.2. The summed E-state index contributed by atoms with van der Waals surface area (Å²) in [5.74, 6) is -2.08. The Morgan fingerprint density at radius 1 is 1.14 bits per heavy atom. The van der Waals surface area contributed by atoms with Crippen molar-refractivity contribution in [3.05, 3.63) is 77.1 Å². The number of nitrogens with zero attached hydrogens (tertiary/aromatic N) is 2. The fourth-order valence-corrected chi connectivity index (χ4v) is 3.68. The van der Waals surface area contributed by atoms with Crippen LogP contribution >= 0.6 is 0 Å². The second-order valence-corrected chi connectivity index (χ2v) is 7.89. The summed E-state index contributed by atoms with van der Waals surface area (Å²) in [4.78, 5) is 21.7. The number of aromatic nitrogens is 2. The largest absolute Gasteiger partial charge is 0.493 e. The molecule has 1 amide bonds. The molecule has 0 aliphatic carbocycles. The molecule has 9 nitrogen and oxygen atoms in total. The van der Waals surface area contributed by atoms with E-state index in [4.69, 9.17) is 29.2 Å². The first-order valence-corrected chi connectivity index (χ1v) is 11.1. The number of carboxylic acids is 1. The molecule has 198 valence electrons. The molecule has 1 aliphatic rings. The van der Waals surface area contributed by atoms with Crippen LogP contribution in [-0.4, -0.2) is 60.3 Å². The molecule has 0 bridgehead atoms. The van der Waals surface area contributed by atoms with Gasteiger partial charge >= 0.3 is 12.1 Å². The van der Waals surface area contributed by atoms with Crippen molar-refractivity contribution in [1.82, 2.24) is 15.1 Å². The van der Waals surface area contributed by atoms with E-state index in [1.54, 1.807) is 25.3 Å². The van der Waals surface area contributed by atoms with Crippen molar-refractivity contribution in [2.24, 2.45) is 0 Å². The molecule has 3 aromatic rings. The number of nitrogens with one attached hydrogen (secondary N) is 1. The lowest BCUT2D eigenvalue weighted by atomic mass is 10.1. The molecule has 2 heterocycles. The molecule has 0 radical (unpaired) electrons. The Hall–Kier alpha value is -4.06. The van der Waals surface area contributed by atoms with Crippen molar-refractivity contribution >= 4 is 11.9 Å². The predicted molar refractivity (Wildman–Crippen MR) is 126 cm³/mol. The van der Waals surface area contributed by atoms with Crippen molar-refractivity contribution < 1.29 is 42.1 Å². The number of benzene rings is 2. The van der Waals surface area contributed by atoms with E-state index in [1.807, 2.05) is 22.9 Å². The molecular formula is C25H26F3N3O6. The van der Waals surface area contributed by atoms with Gasteiger partial charge in [-0.2, -0.15) is 18.3 Å². The number of ether oxygens (including phenoxy) is 3. The second kappa shape index (κ2) is 12.3. The van der Waals surface area contributed by atoms with Gasteiger partial charge in [-0.05, 0) is 29.7 Å². The number of carbonyl (C=O) groups is 2. The monoisotopic (exact) mass is 521 g/mol. The third-order valence-corrected chi connectivity index (χ3v) is 5.39. The van der Waals surface area contributed by atoms with E-state index in [2.05, 4.69) is 23.6 Å². The summed E-state index contributed by atoms with van der Waals surface area (Å²) in [6.45, 7) is 1.63. The van der Waals surface area contributed by atoms with Gasteiger partial charge in [-0.25, -0.2) is 4.79 Å². The first-order chi connectivity index (χ1) is 17.6. The minimum absolute atomic E-state index is 0.245. The van der Waals surface area contributed by atoms with Crippen LogP contribution in [-0.2, 0) is 22.5 Å². The van der Waals surface area contributed by atoms with Gasteiger partial charge in [0.05, 0.1) is 38.6 Å². The molecular weight excluding hydrogens is 495 g/mol. The van der Waals surface area contributed by atoms with Gasteiger partial charge in [-0.15, -0.1) is 0 Å². The molecule has 0 spiro atoms. The molecule has 0 fully saturated rings. The molecule has 1 aliphatic heterocycles. The molecule has 2 N–H and O–H groups in total. The molecule has 1 atom stereocenters. The number of halogens is 3. The summed E-state index contributed by atoms with van der Waals surface area (Å²) in [6, 6.07) is 15.4. The number of para-hydroxylation sites is 1. The summed E-state index contributed by atoms with van der Waals surface area (Å²) in [6.07, 6.45) is -2.48. The molecule has 4 rings (SSSR count). The molecule has 2 aromatic carbocycles. The number of fused-ring (bicyclic) bond motifs is 1. The van der Waals surface area contributed by atoms with E-state index in [9.17, 15) is 18.0 Å². The average Bonchev–Trinajstić information content (AvgIpc) is 3.30. The van der Waals surface area contributed by atoms with Gasteiger partial charge in [0.15, 0.2) is 11.5 Å². The summed E-state index contributed by atoms with van der Waals surface area (Å²) in [7, 11) is 3.06. The second-order valence-electron chi connectivity index (χ2n) is 7.89. The Morgan fingerprint density at radius 2 is 1.84 bits per heavy atom. The van der Waals surface area contributed by atoms with Crippen LogP contribution in [0, 0.1) is 0 Å². The van der Waals surface area contributed by atoms with Crippen LogP contribution in [0.25, 0.3) is 0 Å². The molecule has 12 heteroatoms. The lowest BCUT2D eigenvalue weighted by Gasteiger charge is -2.22. The zero-order valence-electron chi connectivity index (χ0n) is 20.1. The maximum Gasteiger partial charge on any atom is 0.490 e. The van der Waals surface area contributed by atoms with Crippen LogP contribution in [0.15, 0.2) is 54.7 Å². The van der Waals surface area contributed by atoms with E-state index < -0.39 is 12.1 Å². The Bertz CT molecular complexity index is 1210. The van der Waals surface area contributed by atoms with E-state index in [-0.39, 0.29) is 12.0 Å². The summed E-state index contributed by atoms with van der Waals surface area (Å²) >= 11 is 0. The molecule has 1 unspecified atom stereocenters. The smallest absolute Gasteiger partial charge is 0.490 e. The fourth-order valence-electron chi connectivity index (χ4n) is 3.68. The lowest BCUT2D eigenvalue weighted by molar-refractivity contribution is -0.192. The number of carbonyl (C=O) groups excluding carboxylic acids is 1. The lowest BCUT2D eigenvalue weighted by Crippen LogP contribution is -2.32. The minimum atomic E-state index is -5.08. The van der Waals surface area contributed by atoms with Crippen LogP contribution in [0.4, 0.5) is 13.2 Å². The number of alkyl halides is 3. The van der Waals surface area contributed by atoms with Crippen molar-refractivity contribution in [3.63, 3.8) is 0 Å². The number of hydrogen-bond acceptors (Lipinski definition) is 6. The minimum Gasteiger partial charge on any atom is -0.493 e. The van der Waals surface area contributed by atoms with Gasteiger partial charge in [0.2, 0.25) is 0 Å². The topological polar surface area (TPSA) is 112 Å². The molecule has 0 saturated heterocycles. The maximum atomic E-state index is 12.8. The Kier molecular flexibility index (Phi) is 9.12. The third-order valence-electron chi connectivity index (χ3n) is 5.39. The number of carboxylic acid groups (broad SMARTS) is 1. The fraction of sp³-hybridized carbons (Fsp3) is 0.320. The average molecular weight is 521 g/mol. The molecule has 37 heavy (non-hydrogen) atoms. The van der Waals surface area contributed by atoms with Gasteiger partial charge in [0.25, 0.3) is 5.91 Å². The predicted octanol–water partition coefficient (Wildman–Crippen LogP) is 3.63. The Balaban J connectivity index is 0.000000479. The summed E-state index contributed by atoms with van der Waals surface area (Å²) in [5, 5.41) is 14.8. The first kappa shape index (κ1) is 27.5. The van der Waals surface area contributed by atoms with Crippen LogP contribution in [0.5, 0.6) is 11.5 Å². The first-order valence-electron chi connectivity index (χ1n) is 11.1. The van der Waals surface area contributed by atoms with Gasteiger partial charge in [-0.3, -0.25) is 9.48 Å². The van der Waals surface area contributed by atoms with Gasteiger partial charge in [-0.1, -0.05) is 36.4 Å². The third kappa shape index (κ3) is 7.23. The van der Waals surface area contributed by atoms with Crippen LogP contribution in [0.3, 0.4) is 0 Å². The zero-order valence-corrected chi connectivity index (χ0v) is 20.1.